The average molecular weight is 280 g/mol. The van der Waals surface area contributed by atoms with Gasteiger partial charge in [-0.25, -0.2) is 4.79 Å². The highest BCUT2D eigenvalue weighted by molar-refractivity contribution is 5.84. The Bertz CT molecular complexity index is 475. The monoisotopic (exact) mass is 280 g/mol. The van der Waals surface area contributed by atoms with Crippen LogP contribution < -0.4 is 5.32 Å². The fourth-order valence-electron chi connectivity index (χ4n) is 1.60. The number of aryl methyl sites for hydroxylation is 1. The Balaban J connectivity index is 2.41. The van der Waals surface area contributed by atoms with E-state index in [1.165, 1.54) is 0 Å². The van der Waals surface area contributed by atoms with Gasteiger partial charge in [-0.05, 0) is 30.5 Å². The van der Waals surface area contributed by atoms with Crippen molar-refractivity contribution < 1.29 is 24.6 Å². The SMILES string of the molecule is O=C(O)CC[C@H](NC(=O)CCc1ccncc1)C(=O)O. The first-order valence-corrected chi connectivity index (χ1v) is 6.12. The minimum atomic E-state index is -1.23. The van der Waals surface area contributed by atoms with Crippen LogP contribution in [-0.2, 0) is 20.8 Å². The summed E-state index contributed by atoms with van der Waals surface area (Å²) >= 11 is 0. The van der Waals surface area contributed by atoms with Crippen LogP contribution in [0.5, 0.6) is 0 Å². The molecular formula is C13H16N2O5. The number of amides is 1. The van der Waals surface area contributed by atoms with Gasteiger partial charge in [0.05, 0.1) is 0 Å². The molecule has 0 spiro atoms. The Hall–Kier alpha value is -2.44. The second kappa shape index (κ2) is 7.88. The molecule has 1 amide bonds. The smallest absolute Gasteiger partial charge is 0.326 e. The third-order valence-electron chi connectivity index (χ3n) is 2.67. The van der Waals surface area contributed by atoms with Crippen LogP contribution in [0.15, 0.2) is 24.5 Å². The average Bonchev–Trinajstić information content (AvgIpc) is 2.41. The summed E-state index contributed by atoms with van der Waals surface area (Å²) in [5.74, 6) is -2.75. The Morgan fingerprint density at radius 1 is 1.15 bits per heavy atom. The highest BCUT2D eigenvalue weighted by Gasteiger charge is 2.20. The zero-order valence-electron chi connectivity index (χ0n) is 10.8. The highest BCUT2D eigenvalue weighted by Crippen LogP contribution is 2.03. The summed E-state index contributed by atoms with van der Waals surface area (Å²) in [6.45, 7) is 0. The van der Waals surface area contributed by atoms with Gasteiger partial charge < -0.3 is 15.5 Å². The van der Waals surface area contributed by atoms with Crippen LogP contribution >= 0.6 is 0 Å². The molecule has 0 saturated heterocycles. The molecule has 0 fully saturated rings. The number of carbonyl (C=O) groups excluding carboxylic acids is 1. The first-order chi connectivity index (χ1) is 9.49. The van der Waals surface area contributed by atoms with Crippen molar-refractivity contribution in [3.05, 3.63) is 30.1 Å². The summed E-state index contributed by atoms with van der Waals surface area (Å²) in [6, 6.07) is 2.37. The fraction of sp³-hybridized carbons (Fsp3) is 0.385. The van der Waals surface area contributed by atoms with Gasteiger partial charge in [-0.15, -0.1) is 0 Å². The zero-order valence-corrected chi connectivity index (χ0v) is 10.8. The number of nitrogens with zero attached hydrogens (tertiary/aromatic N) is 1. The van der Waals surface area contributed by atoms with Gasteiger partial charge >= 0.3 is 11.9 Å². The number of pyridine rings is 1. The lowest BCUT2D eigenvalue weighted by Gasteiger charge is -2.13. The van der Waals surface area contributed by atoms with Gasteiger partial charge in [0.15, 0.2) is 0 Å². The van der Waals surface area contributed by atoms with Crippen LogP contribution in [0.3, 0.4) is 0 Å². The van der Waals surface area contributed by atoms with Crippen molar-refractivity contribution in [2.75, 3.05) is 0 Å². The van der Waals surface area contributed by atoms with Crippen molar-refractivity contribution in [1.29, 1.82) is 0 Å². The number of rotatable bonds is 8. The molecule has 1 rings (SSSR count). The Morgan fingerprint density at radius 3 is 2.35 bits per heavy atom. The van der Waals surface area contributed by atoms with Crippen molar-refractivity contribution in [1.82, 2.24) is 10.3 Å². The van der Waals surface area contributed by atoms with Gasteiger partial charge in [0, 0.05) is 25.2 Å². The van der Waals surface area contributed by atoms with Crippen molar-refractivity contribution >= 4 is 17.8 Å². The fourth-order valence-corrected chi connectivity index (χ4v) is 1.60. The highest BCUT2D eigenvalue weighted by atomic mass is 16.4. The first-order valence-electron chi connectivity index (χ1n) is 6.12. The first kappa shape index (κ1) is 15.6. The van der Waals surface area contributed by atoms with Crippen molar-refractivity contribution in [3.63, 3.8) is 0 Å². The molecule has 1 atom stereocenters. The number of hydrogen-bond donors (Lipinski definition) is 3. The summed E-state index contributed by atoms with van der Waals surface area (Å²) in [5.41, 5.74) is 0.924. The number of aromatic nitrogens is 1. The topological polar surface area (TPSA) is 117 Å². The Morgan fingerprint density at radius 2 is 1.80 bits per heavy atom. The largest absolute Gasteiger partial charge is 0.481 e. The molecule has 0 aliphatic carbocycles. The molecule has 0 saturated carbocycles. The molecule has 20 heavy (non-hydrogen) atoms. The van der Waals surface area contributed by atoms with Gasteiger partial charge in [-0.3, -0.25) is 14.6 Å². The molecule has 0 aliphatic heterocycles. The second-order valence-electron chi connectivity index (χ2n) is 4.25. The van der Waals surface area contributed by atoms with E-state index in [2.05, 4.69) is 10.3 Å². The van der Waals surface area contributed by atoms with Crippen LogP contribution in [0.4, 0.5) is 0 Å². The molecule has 0 aliphatic rings. The van der Waals surface area contributed by atoms with E-state index in [0.717, 1.165) is 5.56 Å². The van der Waals surface area contributed by atoms with Gasteiger partial charge in [-0.2, -0.15) is 0 Å². The maximum absolute atomic E-state index is 11.6. The lowest BCUT2D eigenvalue weighted by molar-refractivity contribution is -0.143. The number of hydrogen-bond acceptors (Lipinski definition) is 4. The maximum Gasteiger partial charge on any atom is 0.326 e. The molecule has 108 valence electrons. The molecule has 0 unspecified atom stereocenters. The molecule has 1 heterocycles. The lowest BCUT2D eigenvalue weighted by atomic mass is 10.1. The van der Waals surface area contributed by atoms with E-state index in [0.29, 0.717) is 6.42 Å². The number of carboxylic acids is 2. The van der Waals surface area contributed by atoms with E-state index in [4.69, 9.17) is 10.2 Å². The molecule has 3 N–H and O–H groups in total. The molecule has 0 aromatic carbocycles. The minimum Gasteiger partial charge on any atom is -0.481 e. The van der Waals surface area contributed by atoms with Gasteiger partial charge in [0.1, 0.15) is 6.04 Å². The summed E-state index contributed by atoms with van der Waals surface area (Å²) in [5, 5.41) is 19.7. The number of nitrogens with one attached hydrogen (secondary N) is 1. The molecule has 0 bridgehead atoms. The van der Waals surface area contributed by atoms with E-state index in [-0.39, 0.29) is 19.3 Å². The minimum absolute atomic E-state index is 0.133. The maximum atomic E-state index is 11.6. The summed E-state index contributed by atoms with van der Waals surface area (Å²) < 4.78 is 0. The van der Waals surface area contributed by atoms with Gasteiger partial charge in [-0.1, -0.05) is 0 Å². The van der Waals surface area contributed by atoms with Crippen LogP contribution in [-0.4, -0.2) is 39.1 Å². The Labute approximate surface area is 115 Å². The predicted octanol–water partition coefficient (Wildman–Crippen LogP) is 0.448. The number of aliphatic carboxylic acids is 2. The van der Waals surface area contributed by atoms with Crippen LogP contribution in [0.25, 0.3) is 0 Å². The van der Waals surface area contributed by atoms with Crippen LogP contribution in [0.2, 0.25) is 0 Å². The zero-order chi connectivity index (χ0) is 15.0. The second-order valence-corrected chi connectivity index (χ2v) is 4.25. The van der Waals surface area contributed by atoms with Crippen LogP contribution in [0.1, 0.15) is 24.8 Å². The van der Waals surface area contributed by atoms with Crippen LogP contribution in [0, 0.1) is 0 Å². The Kier molecular flexibility index (Phi) is 6.15. The standard InChI is InChI=1S/C13H16N2O5/c16-11(3-1-9-5-7-14-8-6-9)15-10(13(19)20)2-4-12(17)18/h5-8,10H,1-4H2,(H,15,16)(H,17,18)(H,19,20)/t10-/m0/s1. The van der Waals surface area contributed by atoms with Gasteiger partial charge in [0.2, 0.25) is 5.91 Å². The van der Waals surface area contributed by atoms with Gasteiger partial charge in [0.25, 0.3) is 0 Å². The van der Waals surface area contributed by atoms with Crippen molar-refractivity contribution in [3.8, 4) is 0 Å². The van der Waals surface area contributed by atoms with Crippen molar-refractivity contribution in [2.45, 2.75) is 31.7 Å². The third kappa shape index (κ3) is 5.94. The van der Waals surface area contributed by atoms with Crippen molar-refractivity contribution in [2.24, 2.45) is 0 Å². The molecular weight excluding hydrogens is 264 g/mol. The number of carbonyl (C=O) groups is 3. The lowest BCUT2D eigenvalue weighted by Crippen LogP contribution is -2.41. The molecule has 1 aromatic rings. The predicted molar refractivity (Wildman–Crippen MR) is 69.0 cm³/mol. The van der Waals surface area contributed by atoms with E-state index in [9.17, 15) is 14.4 Å². The molecule has 0 radical (unpaired) electrons. The third-order valence-corrected chi connectivity index (χ3v) is 2.67. The summed E-state index contributed by atoms with van der Waals surface area (Å²) in [6.07, 6.45) is 3.40. The normalized spacial score (nSPS) is 11.6. The van der Waals surface area contributed by atoms with E-state index in [1.54, 1.807) is 24.5 Å². The summed E-state index contributed by atoms with van der Waals surface area (Å²) in [7, 11) is 0. The van der Waals surface area contributed by atoms with E-state index in [1.807, 2.05) is 0 Å². The van der Waals surface area contributed by atoms with E-state index >= 15 is 0 Å². The quantitative estimate of drug-likeness (QED) is 0.636. The molecule has 7 nitrogen and oxygen atoms in total. The van der Waals surface area contributed by atoms with E-state index < -0.39 is 23.9 Å². The summed E-state index contributed by atoms with van der Waals surface area (Å²) in [4.78, 5) is 36.8. The molecule has 1 aromatic heterocycles. The molecule has 7 heteroatoms. The number of carboxylic acid groups (broad SMARTS) is 2.